The molecule has 1 saturated carbocycles. The zero-order chi connectivity index (χ0) is 14.3. The highest BCUT2D eigenvalue weighted by atomic mass is 19.3. The maximum Gasteiger partial charge on any atom is 0.270 e. The van der Waals surface area contributed by atoms with E-state index in [2.05, 4.69) is 0 Å². The number of halogens is 4. The van der Waals surface area contributed by atoms with Crippen LogP contribution in [0.4, 0.5) is 17.6 Å². The average molecular weight is 281 g/mol. The maximum atomic E-state index is 13.5. The van der Waals surface area contributed by atoms with Crippen molar-refractivity contribution in [2.45, 2.75) is 38.7 Å². The lowest BCUT2D eigenvalue weighted by Crippen LogP contribution is -2.35. The summed E-state index contributed by atoms with van der Waals surface area (Å²) in [6, 6.07) is 0. The van der Waals surface area contributed by atoms with Crippen molar-refractivity contribution in [3.63, 3.8) is 0 Å². The molecule has 1 aliphatic heterocycles. The third-order valence-corrected chi connectivity index (χ3v) is 3.84. The van der Waals surface area contributed by atoms with Gasteiger partial charge < -0.3 is 4.74 Å². The molecule has 0 aromatic rings. The molecule has 6 heteroatoms. The molecule has 0 aromatic heterocycles. The standard InChI is InChI=1S/C13H19F4NO/c1-9(2)19-8-12(6-13(12,16)17)7-18-4-3-10(5-18)11(14)15/h9H,3-8H2,1-2H3/t12-/m1/s1. The van der Waals surface area contributed by atoms with Crippen LogP contribution in [0.5, 0.6) is 0 Å². The largest absolute Gasteiger partial charge is 0.378 e. The molecule has 2 aliphatic rings. The summed E-state index contributed by atoms with van der Waals surface area (Å²) < 4.78 is 57.3. The Hall–Kier alpha value is -0.620. The molecule has 0 N–H and O–H groups in total. The SMILES string of the molecule is CC(C)OC[C@]1(CN2CCC(=C(F)F)C2)CC1(F)F. The van der Waals surface area contributed by atoms with Crippen molar-refractivity contribution in [1.29, 1.82) is 0 Å². The molecule has 0 amide bonds. The molecule has 110 valence electrons. The quantitative estimate of drug-likeness (QED) is 0.717. The van der Waals surface area contributed by atoms with Crippen molar-refractivity contribution in [3.05, 3.63) is 11.7 Å². The molecule has 1 saturated heterocycles. The Balaban J connectivity index is 1.94. The van der Waals surface area contributed by atoms with Crippen LogP contribution >= 0.6 is 0 Å². The number of hydrogen-bond acceptors (Lipinski definition) is 2. The molecule has 1 atom stereocenters. The highest BCUT2D eigenvalue weighted by Crippen LogP contribution is 2.61. The van der Waals surface area contributed by atoms with Gasteiger partial charge in [0.25, 0.3) is 12.0 Å². The summed E-state index contributed by atoms with van der Waals surface area (Å²) in [5.74, 6) is -2.73. The van der Waals surface area contributed by atoms with Gasteiger partial charge in [0.05, 0.1) is 18.1 Å². The van der Waals surface area contributed by atoms with Crippen LogP contribution in [0.15, 0.2) is 11.7 Å². The van der Waals surface area contributed by atoms with E-state index in [1.54, 1.807) is 18.7 Å². The zero-order valence-electron chi connectivity index (χ0n) is 11.2. The van der Waals surface area contributed by atoms with Gasteiger partial charge in [0, 0.05) is 31.6 Å². The molecule has 0 aromatic carbocycles. The Morgan fingerprint density at radius 1 is 1.37 bits per heavy atom. The number of ether oxygens (including phenoxy) is 1. The van der Waals surface area contributed by atoms with Crippen molar-refractivity contribution in [3.8, 4) is 0 Å². The van der Waals surface area contributed by atoms with Gasteiger partial charge in [-0.05, 0) is 20.3 Å². The summed E-state index contributed by atoms with van der Waals surface area (Å²) in [6.07, 6.45) is -1.71. The molecule has 0 unspecified atom stereocenters. The van der Waals surface area contributed by atoms with Crippen LogP contribution < -0.4 is 0 Å². The fourth-order valence-electron chi connectivity index (χ4n) is 2.52. The van der Waals surface area contributed by atoms with E-state index in [1.165, 1.54) is 0 Å². The van der Waals surface area contributed by atoms with Crippen LogP contribution in [-0.2, 0) is 4.74 Å². The van der Waals surface area contributed by atoms with Gasteiger partial charge in [-0.1, -0.05) is 0 Å². The fraction of sp³-hybridized carbons (Fsp3) is 0.846. The van der Waals surface area contributed by atoms with Gasteiger partial charge in [0.2, 0.25) is 0 Å². The second-order valence-corrected chi connectivity index (χ2v) is 5.85. The summed E-state index contributed by atoms with van der Waals surface area (Å²) in [7, 11) is 0. The van der Waals surface area contributed by atoms with Gasteiger partial charge in [-0.2, -0.15) is 8.78 Å². The van der Waals surface area contributed by atoms with E-state index < -0.39 is 17.4 Å². The van der Waals surface area contributed by atoms with Crippen molar-refractivity contribution in [1.82, 2.24) is 4.90 Å². The Bertz CT molecular complexity index is 379. The molecule has 1 heterocycles. The number of alkyl halides is 2. The van der Waals surface area contributed by atoms with E-state index in [0.717, 1.165) is 0 Å². The highest BCUT2D eigenvalue weighted by molar-refractivity contribution is 5.15. The first-order valence-electron chi connectivity index (χ1n) is 6.51. The van der Waals surface area contributed by atoms with E-state index in [-0.39, 0.29) is 44.2 Å². The molecule has 19 heavy (non-hydrogen) atoms. The van der Waals surface area contributed by atoms with Crippen molar-refractivity contribution in [2.24, 2.45) is 5.41 Å². The lowest BCUT2D eigenvalue weighted by molar-refractivity contribution is -0.0226. The average Bonchev–Trinajstić information content (AvgIpc) is 2.66. The Kier molecular flexibility index (Phi) is 3.93. The van der Waals surface area contributed by atoms with Gasteiger partial charge in [0.1, 0.15) is 0 Å². The maximum absolute atomic E-state index is 13.5. The molecular weight excluding hydrogens is 262 g/mol. The summed E-state index contributed by atoms with van der Waals surface area (Å²) in [4.78, 5) is 1.68. The lowest BCUT2D eigenvalue weighted by atomic mass is 10.1. The Morgan fingerprint density at radius 2 is 2.00 bits per heavy atom. The van der Waals surface area contributed by atoms with Gasteiger partial charge in [-0.3, -0.25) is 4.90 Å². The number of rotatable bonds is 5. The minimum Gasteiger partial charge on any atom is -0.378 e. The van der Waals surface area contributed by atoms with Crippen molar-refractivity contribution >= 4 is 0 Å². The first kappa shape index (κ1) is 14.8. The second kappa shape index (κ2) is 5.05. The van der Waals surface area contributed by atoms with Gasteiger partial charge in [-0.15, -0.1) is 0 Å². The molecule has 2 nitrogen and oxygen atoms in total. The Labute approximate surface area is 110 Å². The molecule has 1 aliphatic carbocycles. The minimum absolute atomic E-state index is 0.00861. The minimum atomic E-state index is -2.73. The molecule has 0 radical (unpaired) electrons. The Morgan fingerprint density at radius 3 is 2.42 bits per heavy atom. The van der Waals surface area contributed by atoms with E-state index in [9.17, 15) is 17.6 Å². The summed E-state index contributed by atoms with van der Waals surface area (Å²) >= 11 is 0. The molecule has 0 spiro atoms. The monoisotopic (exact) mass is 281 g/mol. The normalized spacial score (nSPS) is 30.2. The van der Waals surface area contributed by atoms with Gasteiger partial charge >= 0.3 is 0 Å². The second-order valence-electron chi connectivity index (χ2n) is 5.85. The van der Waals surface area contributed by atoms with E-state index in [1.807, 2.05) is 0 Å². The lowest BCUT2D eigenvalue weighted by Gasteiger charge is -2.24. The van der Waals surface area contributed by atoms with Crippen molar-refractivity contribution in [2.75, 3.05) is 26.2 Å². The molecule has 2 rings (SSSR count). The number of likely N-dealkylation sites (tertiary alicyclic amines) is 1. The fourth-order valence-corrected chi connectivity index (χ4v) is 2.52. The first-order chi connectivity index (χ1) is 8.76. The third-order valence-electron chi connectivity index (χ3n) is 3.84. The first-order valence-corrected chi connectivity index (χ1v) is 6.51. The highest BCUT2D eigenvalue weighted by Gasteiger charge is 2.71. The smallest absolute Gasteiger partial charge is 0.270 e. The van der Waals surface area contributed by atoms with Crippen LogP contribution in [-0.4, -0.2) is 43.2 Å². The number of hydrogen-bond donors (Lipinski definition) is 0. The summed E-state index contributed by atoms with van der Waals surface area (Å²) in [5, 5.41) is 0. The zero-order valence-corrected chi connectivity index (χ0v) is 11.2. The molecule has 2 fully saturated rings. The van der Waals surface area contributed by atoms with Crippen LogP contribution in [0.1, 0.15) is 26.7 Å². The van der Waals surface area contributed by atoms with Crippen LogP contribution in [0.3, 0.4) is 0 Å². The molecule has 0 bridgehead atoms. The van der Waals surface area contributed by atoms with Gasteiger partial charge in [-0.25, -0.2) is 8.78 Å². The van der Waals surface area contributed by atoms with E-state index in [0.29, 0.717) is 6.54 Å². The summed E-state index contributed by atoms with van der Waals surface area (Å²) in [5.41, 5.74) is -1.11. The number of nitrogens with zero attached hydrogens (tertiary/aromatic N) is 1. The van der Waals surface area contributed by atoms with E-state index in [4.69, 9.17) is 4.74 Å². The third kappa shape index (κ3) is 3.11. The predicted octanol–water partition coefficient (Wildman–Crippen LogP) is 3.29. The topological polar surface area (TPSA) is 12.5 Å². The van der Waals surface area contributed by atoms with Crippen LogP contribution in [0.25, 0.3) is 0 Å². The van der Waals surface area contributed by atoms with Gasteiger partial charge in [0.15, 0.2) is 0 Å². The molecular formula is C13H19F4NO. The van der Waals surface area contributed by atoms with Crippen LogP contribution in [0.2, 0.25) is 0 Å². The summed E-state index contributed by atoms with van der Waals surface area (Å²) in [6.45, 7) is 4.23. The van der Waals surface area contributed by atoms with Crippen molar-refractivity contribution < 1.29 is 22.3 Å². The van der Waals surface area contributed by atoms with E-state index >= 15 is 0 Å². The predicted molar refractivity (Wildman–Crippen MR) is 63.4 cm³/mol. The van der Waals surface area contributed by atoms with Crippen LogP contribution in [0, 0.1) is 5.41 Å².